The fourth-order valence-corrected chi connectivity index (χ4v) is 2.82. The van der Waals surface area contributed by atoms with Crippen molar-refractivity contribution in [1.29, 1.82) is 0 Å². The molecule has 6 heteroatoms. The number of carbonyl (C=O) groups is 3. The van der Waals surface area contributed by atoms with Gasteiger partial charge in [-0.05, 0) is 24.0 Å². The van der Waals surface area contributed by atoms with Gasteiger partial charge in [0.1, 0.15) is 6.61 Å². The first-order valence-electron chi connectivity index (χ1n) is 7.56. The molecule has 0 aliphatic carbocycles. The van der Waals surface area contributed by atoms with Crippen molar-refractivity contribution in [3.8, 4) is 0 Å². The quantitative estimate of drug-likeness (QED) is 0.837. The van der Waals surface area contributed by atoms with E-state index in [1.165, 1.54) is 4.57 Å². The van der Waals surface area contributed by atoms with Crippen LogP contribution in [-0.4, -0.2) is 40.5 Å². The first-order chi connectivity index (χ1) is 10.4. The molecule has 0 N–H and O–H groups in total. The second-order valence-corrected chi connectivity index (χ2v) is 5.99. The van der Waals surface area contributed by atoms with Crippen LogP contribution in [-0.2, 0) is 9.53 Å². The molecule has 0 radical (unpaired) electrons. The summed E-state index contributed by atoms with van der Waals surface area (Å²) in [5.41, 5.74) is 0. The van der Waals surface area contributed by atoms with E-state index >= 15 is 0 Å². The van der Waals surface area contributed by atoms with Gasteiger partial charge in [-0.15, -0.1) is 0 Å². The Bertz CT molecular complexity index is 551. The molecule has 0 spiro atoms. The van der Waals surface area contributed by atoms with Gasteiger partial charge in [0.2, 0.25) is 11.8 Å². The van der Waals surface area contributed by atoms with Gasteiger partial charge in [-0.3, -0.25) is 14.2 Å². The third-order valence-corrected chi connectivity index (χ3v) is 4.22. The minimum absolute atomic E-state index is 0.0412. The van der Waals surface area contributed by atoms with Crippen molar-refractivity contribution in [1.82, 2.24) is 9.47 Å². The Morgan fingerprint density at radius 1 is 1.23 bits per heavy atom. The van der Waals surface area contributed by atoms with Gasteiger partial charge in [0.05, 0.1) is 6.54 Å². The molecule has 1 aromatic rings. The number of nitrogens with zero attached hydrogens (tertiary/aromatic N) is 2. The van der Waals surface area contributed by atoms with Crippen molar-refractivity contribution in [3.05, 3.63) is 24.5 Å². The molecule has 2 heterocycles. The molecule has 22 heavy (non-hydrogen) atoms. The number of ether oxygens (including phenoxy) is 1. The second-order valence-electron chi connectivity index (χ2n) is 5.99. The molecule has 1 aliphatic rings. The summed E-state index contributed by atoms with van der Waals surface area (Å²) in [7, 11) is 0. The van der Waals surface area contributed by atoms with E-state index in [2.05, 4.69) is 0 Å². The molecule has 0 aromatic carbocycles. The van der Waals surface area contributed by atoms with Gasteiger partial charge >= 0.3 is 6.09 Å². The first-order valence-corrected chi connectivity index (χ1v) is 7.56. The van der Waals surface area contributed by atoms with Crippen LogP contribution in [0.15, 0.2) is 24.5 Å². The van der Waals surface area contributed by atoms with E-state index in [1.807, 2.05) is 20.8 Å². The van der Waals surface area contributed by atoms with E-state index in [1.54, 1.807) is 24.5 Å². The van der Waals surface area contributed by atoms with Gasteiger partial charge in [0, 0.05) is 24.7 Å². The van der Waals surface area contributed by atoms with Crippen molar-refractivity contribution in [2.75, 3.05) is 13.2 Å². The molecule has 6 nitrogen and oxygen atoms in total. The summed E-state index contributed by atoms with van der Waals surface area (Å²) >= 11 is 0. The van der Waals surface area contributed by atoms with Crippen molar-refractivity contribution < 1.29 is 19.1 Å². The Balaban J connectivity index is 2.07. The Morgan fingerprint density at radius 3 is 2.36 bits per heavy atom. The molecule has 1 saturated heterocycles. The largest absolute Gasteiger partial charge is 0.447 e. The number of aromatic nitrogens is 1. The van der Waals surface area contributed by atoms with E-state index in [0.717, 1.165) is 4.90 Å². The number of amides is 2. The number of rotatable bonds is 5. The van der Waals surface area contributed by atoms with Crippen LogP contribution in [0.4, 0.5) is 4.79 Å². The van der Waals surface area contributed by atoms with Gasteiger partial charge in [-0.1, -0.05) is 20.8 Å². The molecule has 1 aliphatic heterocycles. The summed E-state index contributed by atoms with van der Waals surface area (Å²) in [6, 6.07) is 3.58. The molecule has 1 aromatic heterocycles. The SMILES string of the molecule is CC(C)[C@@H](CC(=O)N1CCOC1=O)[C@H](C)C(=O)n1cccc1. The number of imide groups is 1. The highest BCUT2D eigenvalue weighted by atomic mass is 16.6. The van der Waals surface area contributed by atoms with Gasteiger partial charge < -0.3 is 4.74 Å². The van der Waals surface area contributed by atoms with Crippen molar-refractivity contribution in [2.45, 2.75) is 27.2 Å². The zero-order chi connectivity index (χ0) is 16.3. The normalized spacial score (nSPS) is 17.5. The van der Waals surface area contributed by atoms with E-state index in [9.17, 15) is 14.4 Å². The third-order valence-electron chi connectivity index (χ3n) is 4.22. The average molecular weight is 306 g/mol. The lowest BCUT2D eigenvalue weighted by Gasteiger charge is -2.27. The topological polar surface area (TPSA) is 68.6 Å². The van der Waals surface area contributed by atoms with Crippen LogP contribution in [0, 0.1) is 17.8 Å². The Hall–Kier alpha value is -2.11. The minimum atomic E-state index is -0.586. The molecular formula is C16H22N2O4. The molecular weight excluding hydrogens is 284 g/mol. The van der Waals surface area contributed by atoms with Crippen molar-refractivity contribution in [3.63, 3.8) is 0 Å². The fourth-order valence-electron chi connectivity index (χ4n) is 2.82. The maximum atomic E-state index is 12.5. The maximum Gasteiger partial charge on any atom is 0.416 e. The van der Waals surface area contributed by atoms with Crippen LogP contribution >= 0.6 is 0 Å². The molecule has 2 amide bonds. The van der Waals surface area contributed by atoms with E-state index in [-0.39, 0.29) is 42.6 Å². The van der Waals surface area contributed by atoms with Crippen LogP contribution in [0.5, 0.6) is 0 Å². The molecule has 0 saturated carbocycles. The van der Waals surface area contributed by atoms with Crippen molar-refractivity contribution >= 4 is 17.9 Å². The van der Waals surface area contributed by atoms with Crippen LogP contribution in [0.2, 0.25) is 0 Å². The highest BCUT2D eigenvalue weighted by molar-refractivity contribution is 5.93. The predicted octanol–water partition coefficient (Wildman–Crippen LogP) is 2.41. The zero-order valence-electron chi connectivity index (χ0n) is 13.2. The zero-order valence-corrected chi connectivity index (χ0v) is 13.2. The third kappa shape index (κ3) is 3.37. The van der Waals surface area contributed by atoms with Gasteiger partial charge in [0.15, 0.2) is 0 Å². The smallest absolute Gasteiger partial charge is 0.416 e. The van der Waals surface area contributed by atoms with Crippen LogP contribution in [0.1, 0.15) is 32.0 Å². The number of hydrogen-bond acceptors (Lipinski definition) is 4. The molecule has 0 unspecified atom stereocenters. The fraction of sp³-hybridized carbons (Fsp3) is 0.562. The van der Waals surface area contributed by atoms with Crippen molar-refractivity contribution in [2.24, 2.45) is 17.8 Å². The minimum Gasteiger partial charge on any atom is -0.447 e. The standard InChI is InChI=1S/C16H22N2O4/c1-11(2)13(10-14(19)18-8-9-22-16(18)21)12(3)15(20)17-6-4-5-7-17/h4-7,11-13H,8-10H2,1-3H3/t12-,13+/m0/s1. The second kappa shape index (κ2) is 6.77. The predicted molar refractivity (Wildman–Crippen MR) is 80.2 cm³/mol. The van der Waals surface area contributed by atoms with Gasteiger partial charge in [0.25, 0.3) is 0 Å². The summed E-state index contributed by atoms with van der Waals surface area (Å²) in [6.07, 6.45) is 2.99. The summed E-state index contributed by atoms with van der Waals surface area (Å²) in [5, 5.41) is 0. The highest BCUT2D eigenvalue weighted by Crippen LogP contribution is 2.27. The number of cyclic esters (lactones) is 1. The highest BCUT2D eigenvalue weighted by Gasteiger charge is 2.34. The first kappa shape index (κ1) is 16.3. The Kier molecular flexibility index (Phi) is 5.00. The monoisotopic (exact) mass is 306 g/mol. The molecule has 2 rings (SSSR count). The molecule has 1 fully saturated rings. The molecule has 0 bridgehead atoms. The lowest BCUT2D eigenvalue weighted by atomic mass is 9.81. The van der Waals surface area contributed by atoms with E-state index < -0.39 is 6.09 Å². The Morgan fingerprint density at radius 2 is 1.86 bits per heavy atom. The summed E-state index contributed by atoms with van der Waals surface area (Å²) < 4.78 is 6.33. The van der Waals surface area contributed by atoms with Crippen LogP contribution < -0.4 is 0 Å². The van der Waals surface area contributed by atoms with E-state index in [0.29, 0.717) is 6.54 Å². The maximum absolute atomic E-state index is 12.5. The average Bonchev–Trinajstić information content (AvgIpc) is 3.13. The summed E-state index contributed by atoms with van der Waals surface area (Å²) in [4.78, 5) is 37.4. The van der Waals surface area contributed by atoms with Gasteiger partial charge in [-0.25, -0.2) is 9.69 Å². The van der Waals surface area contributed by atoms with Crippen LogP contribution in [0.25, 0.3) is 0 Å². The molecule has 120 valence electrons. The lowest BCUT2D eigenvalue weighted by Crippen LogP contribution is -2.37. The van der Waals surface area contributed by atoms with Crippen LogP contribution in [0.3, 0.4) is 0 Å². The number of hydrogen-bond donors (Lipinski definition) is 0. The number of carbonyl (C=O) groups excluding carboxylic acids is 3. The summed E-state index contributed by atoms with van der Waals surface area (Å²) in [5.74, 6) is -0.600. The summed E-state index contributed by atoms with van der Waals surface area (Å²) in [6.45, 7) is 6.35. The lowest BCUT2D eigenvalue weighted by molar-refractivity contribution is -0.129. The molecule has 2 atom stereocenters. The van der Waals surface area contributed by atoms with E-state index in [4.69, 9.17) is 4.74 Å². The van der Waals surface area contributed by atoms with Gasteiger partial charge in [-0.2, -0.15) is 0 Å². The Labute approximate surface area is 130 Å².